The number of carbonyl (C=O) groups is 1. The van der Waals surface area contributed by atoms with Gasteiger partial charge >= 0.3 is 5.97 Å². The Hall–Kier alpha value is -0.900. The second kappa shape index (κ2) is 3.87. The Morgan fingerprint density at radius 1 is 1.62 bits per heavy atom. The summed E-state index contributed by atoms with van der Waals surface area (Å²) in [7, 11) is 0. The van der Waals surface area contributed by atoms with Crippen molar-refractivity contribution in [2.75, 3.05) is 0 Å². The lowest BCUT2D eigenvalue weighted by molar-refractivity contribution is 0.0695. The summed E-state index contributed by atoms with van der Waals surface area (Å²) in [6.07, 6.45) is 0.506. The number of carboxylic acid groups (broad SMARTS) is 1. The Morgan fingerprint density at radius 2 is 2.23 bits per heavy atom. The van der Waals surface area contributed by atoms with E-state index in [9.17, 15) is 9.18 Å². The average molecular weight is 247 g/mol. The molecule has 0 aliphatic rings. The van der Waals surface area contributed by atoms with Crippen LogP contribution in [0.25, 0.3) is 0 Å². The Kier molecular flexibility index (Phi) is 3.03. The van der Waals surface area contributed by atoms with E-state index in [1.165, 1.54) is 12.1 Å². The third kappa shape index (κ3) is 2.06. The van der Waals surface area contributed by atoms with Crippen LogP contribution < -0.4 is 0 Å². The van der Waals surface area contributed by atoms with Crippen LogP contribution in [0.3, 0.4) is 0 Å². The molecule has 0 unspecified atom stereocenters. The normalized spacial score (nSPS) is 10.1. The Balaban J connectivity index is 3.33. The average Bonchev–Trinajstić information content (AvgIpc) is 2.08. The number of carboxylic acids is 1. The maximum absolute atomic E-state index is 13.0. The number of aryl methyl sites for hydroxylation is 1. The summed E-state index contributed by atoms with van der Waals surface area (Å²) in [5.41, 5.74) is 0.656. The molecular weight excluding hydrogens is 239 g/mol. The van der Waals surface area contributed by atoms with E-state index in [0.29, 0.717) is 12.0 Å². The van der Waals surface area contributed by atoms with Gasteiger partial charge in [-0.05, 0) is 40.0 Å². The summed E-state index contributed by atoms with van der Waals surface area (Å²) >= 11 is 2.94. The molecule has 1 aromatic carbocycles. The first-order valence-corrected chi connectivity index (χ1v) is 4.56. The van der Waals surface area contributed by atoms with E-state index >= 15 is 0 Å². The molecule has 4 heteroatoms. The molecular formula is C9H8BrFO2. The van der Waals surface area contributed by atoms with Crippen molar-refractivity contribution in [2.45, 2.75) is 13.3 Å². The van der Waals surface area contributed by atoms with Crippen LogP contribution in [0.15, 0.2) is 16.6 Å². The fourth-order valence-electron chi connectivity index (χ4n) is 1.08. The van der Waals surface area contributed by atoms with Crippen LogP contribution >= 0.6 is 15.9 Å². The SMILES string of the molecule is CCc1cc(F)c(Br)cc1C(=O)O. The second-order valence-corrected chi connectivity index (χ2v) is 3.44. The van der Waals surface area contributed by atoms with Gasteiger partial charge in [-0.2, -0.15) is 0 Å². The highest BCUT2D eigenvalue weighted by atomic mass is 79.9. The molecule has 0 aliphatic carbocycles. The van der Waals surface area contributed by atoms with Gasteiger partial charge in [0.25, 0.3) is 0 Å². The van der Waals surface area contributed by atoms with Crippen molar-refractivity contribution in [3.05, 3.63) is 33.5 Å². The fraction of sp³-hybridized carbons (Fsp3) is 0.222. The van der Waals surface area contributed by atoms with E-state index in [2.05, 4.69) is 15.9 Å². The summed E-state index contributed by atoms with van der Waals surface area (Å²) in [5, 5.41) is 8.77. The third-order valence-electron chi connectivity index (χ3n) is 1.76. The molecule has 0 fully saturated rings. The Labute approximate surface area is 83.5 Å². The molecule has 2 nitrogen and oxygen atoms in total. The van der Waals surface area contributed by atoms with Crippen LogP contribution in [-0.4, -0.2) is 11.1 Å². The van der Waals surface area contributed by atoms with Gasteiger partial charge in [-0.25, -0.2) is 9.18 Å². The molecule has 0 saturated heterocycles. The maximum atomic E-state index is 13.0. The minimum atomic E-state index is -1.03. The summed E-state index contributed by atoms with van der Waals surface area (Å²) in [5.74, 6) is -1.46. The van der Waals surface area contributed by atoms with E-state index < -0.39 is 11.8 Å². The van der Waals surface area contributed by atoms with Gasteiger partial charge in [-0.3, -0.25) is 0 Å². The molecule has 0 radical (unpaired) electrons. The lowest BCUT2D eigenvalue weighted by Crippen LogP contribution is -2.02. The Morgan fingerprint density at radius 3 is 2.69 bits per heavy atom. The van der Waals surface area contributed by atoms with Gasteiger partial charge in [0.2, 0.25) is 0 Å². The number of benzene rings is 1. The van der Waals surface area contributed by atoms with Gasteiger partial charge in [0.1, 0.15) is 5.82 Å². The fourth-order valence-corrected chi connectivity index (χ4v) is 1.42. The Bertz CT molecular complexity index is 350. The standard InChI is InChI=1S/C9H8BrFO2/c1-2-5-3-8(11)7(10)4-6(5)9(12)13/h3-4H,2H2,1H3,(H,12,13). The van der Waals surface area contributed by atoms with Crippen molar-refractivity contribution < 1.29 is 14.3 Å². The number of aromatic carboxylic acids is 1. The molecule has 0 amide bonds. The zero-order valence-corrected chi connectivity index (χ0v) is 8.56. The molecule has 0 heterocycles. The highest BCUT2D eigenvalue weighted by Gasteiger charge is 2.12. The van der Waals surface area contributed by atoms with Gasteiger partial charge in [0.05, 0.1) is 10.0 Å². The zero-order chi connectivity index (χ0) is 10.0. The number of halogens is 2. The predicted molar refractivity (Wildman–Crippen MR) is 50.4 cm³/mol. The smallest absolute Gasteiger partial charge is 0.336 e. The number of hydrogen-bond acceptors (Lipinski definition) is 1. The first-order valence-electron chi connectivity index (χ1n) is 3.77. The van der Waals surface area contributed by atoms with Crippen molar-refractivity contribution in [2.24, 2.45) is 0 Å². The molecule has 13 heavy (non-hydrogen) atoms. The maximum Gasteiger partial charge on any atom is 0.336 e. The largest absolute Gasteiger partial charge is 0.478 e. The molecule has 1 rings (SSSR count). The van der Waals surface area contributed by atoms with Crippen molar-refractivity contribution in [1.29, 1.82) is 0 Å². The van der Waals surface area contributed by atoms with E-state index in [1.54, 1.807) is 6.92 Å². The minimum Gasteiger partial charge on any atom is -0.478 e. The molecule has 0 spiro atoms. The highest BCUT2D eigenvalue weighted by molar-refractivity contribution is 9.10. The molecule has 0 aromatic heterocycles. The summed E-state index contributed by atoms with van der Waals surface area (Å²) < 4.78 is 13.2. The monoisotopic (exact) mass is 246 g/mol. The molecule has 70 valence electrons. The minimum absolute atomic E-state index is 0.149. The van der Waals surface area contributed by atoms with Crippen LogP contribution in [0.4, 0.5) is 4.39 Å². The molecule has 0 saturated carbocycles. The van der Waals surface area contributed by atoms with Gasteiger partial charge in [0.15, 0.2) is 0 Å². The van der Waals surface area contributed by atoms with E-state index in [4.69, 9.17) is 5.11 Å². The van der Waals surface area contributed by atoms with E-state index in [1.807, 2.05) is 0 Å². The first-order chi connectivity index (χ1) is 6.06. The van der Waals surface area contributed by atoms with E-state index in [0.717, 1.165) is 0 Å². The summed E-state index contributed by atoms with van der Waals surface area (Å²) in [6, 6.07) is 2.53. The highest BCUT2D eigenvalue weighted by Crippen LogP contribution is 2.21. The van der Waals surface area contributed by atoms with Gasteiger partial charge in [-0.1, -0.05) is 6.92 Å². The van der Waals surface area contributed by atoms with Crippen LogP contribution in [0.5, 0.6) is 0 Å². The first kappa shape index (κ1) is 10.2. The van der Waals surface area contributed by atoms with Crippen molar-refractivity contribution in [1.82, 2.24) is 0 Å². The van der Waals surface area contributed by atoms with Crippen molar-refractivity contribution in [3.63, 3.8) is 0 Å². The predicted octanol–water partition coefficient (Wildman–Crippen LogP) is 2.85. The van der Waals surface area contributed by atoms with Gasteiger partial charge < -0.3 is 5.11 Å². The third-order valence-corrected chi connectivity index (χ3v) is 2.37. The summed E-state index contributed by atoms with van der Waals surface area (Å²) in [6.45, 7) is 1.79. The van der Waals surface area contributed by atoms with Crippen molar-refractivity contribution >= 4 is 21.9 Å². The van der Waals surface area contributed by atoms with Crippen LogP contribution in [-0.2, 0) is 6.42 Å². The molecule has 1 N–H and O–H groups in total. The van der Waals surface area contributed by atoms with E-state index in [-0.39, 0.29) is 10.0 Å². The quantitative estimate of drug-likeness (QED) is 0.872. The van der Waals surface area contributed by atoms with Gasteiger partial charge in [0, 0.05) is 0 Å². The van der Waals surface area contributed by atoms with Gasteiger partial charge in [-0.15, -0.1) is 0 Å². The molecule has 1 aromatic rings. The summed E-state index contributed by atoms with van der Waals surface area (Å²) in [4.78, 5) is 10.7. The number of rotatable bonds is 2. The van der Waals surface area contributed by atoms with Crippen LogP contribution in [0.1, 0.15) is 22.8 Å². The van der Waals surface area contributed by atoms with Crippen LogP contribution in [0.2, 0.25) is 0 Å². The topological polar surface area (TPSA) is 37.3 Å². The molecule has 0 bridgehead atoms. The lowest BCUT2D eigenvalue weighted by Gasteiger charge is -2.04. The molecule has 0 aliphatic heterocycles. The number of hydrogen-bond donors (Lipinski definition) is 1. The molecule has 0 atom stereocenters. The van der Waals surface area contributed by atoms with Crippen molar-refractivity contribution in [3.8, 4) is 0 Å². The second-order valence-electron chi connectivity index (χ2n) is 2.58. The lowest BCUT2D eigenvalue weighted by atomic mass is 10.1. The zero-order valence-electron chi connectivity index (χ0n) is 6.97. The van der Waals surface area contributed by atoms with Crippen LogP contribution in [0, 0.1) is 5.82 Å².